The van der Waals surface area contributed by atoms with Crippen LogP contribution in [0.2, 0.25) is 0 Å². The van der Waals surface area contributed by atoms with E-state index in [1.807, 2.05) is 26.8 Å². The molecule has 1 amide bonds. The van der Waals surface area contributed by atoms with Gasteiger partial charge in [-0.05, 0) is 133 Å². The van der Waals surface area contributed by atoms with Gasteiger partial charge in [0.25, 0.3) is 10.0 Å². The summed E-state index contributed by atoms with van der Waals surface area (Å²) in [4.78, 5) is 12.5. The smallest absolute Gasteiger partial charge is 0.421 e. The molecule has 0 spiro atoms. The fraction of sp³-hybridized carbons (Fsp3) is 0.811. The largest absolute Gasteiger partial charge is 0.449 e. The SMILES string of the molecule is CC[C@H]1[C@@H](O)[C@@H]2[C@H](CC[C@]3(C)[C@@H]([C@H](C)CCCOC(=O)NS(=O)(=O)c4cccc(C(C)(C)C)c4)CC[C@@H]23)[C@@]2(C)CC[C@@H](O)C[C@@H]12. The van der Waals surface area contributed by atoms with Crippen molar-refractivity contribution in [2.45, 2.75) is 135 Å². The molecule has 254 valence electrons. The average molecular weight is 646 g/mol. The predicted molar refractivity (Wildman–Crippen MR) is 177 cm³/mol. The number of amides is 1. The molecule has 4 saturated carbocycles. The molecule has 0 unspecified atom stereocenters. The summed E-state index contributed by atoms with van der Waals surface area (Å²) >= 11 is 0. The van der Waals surface area contributed by atoms with Crippen LogP contribution in [0.25, 0.3) is 0 Å². The molecule has 11 atom stereocenters. The molecular formula is C37H59NO6S. The normalized spacial score (nSPS) is 38.9. The summed E-state index contributed by atoms with van der Waals surface area (Å²) in [5.41, 5.74) is 1.05. The molecule has 4 aliphatic carbocycles. The minimum atomic E-state index is -4.02. The number of sulfonamides is 1. The van der Waals surface area contributed by atoms with Crippen molar-refractivity contribution in [3.63, 3.8) is 0 Å². The highest BCUT2D eigenvalue weighted by molar-refractivity contribution is 7.90. The van der Waals surface area contributed by atoms with Crippen LogP contribution in [0.5, 0.6) is 0 Å². The molecule has 45 heavy (non-hydrogen) atoms. The first-order valence-corrected chi connectivity index (χ1v) is 19.2. The van der Waals surface area contributed by atoms with Gasteiger partial charge >= 0.3 is 6.09 Å². The van der Waals surface area contributed by atoms with Crippen molar-refractivity contribution in [1.29, 1.82) is 0 Å². The Balaban J connectivity index is 1.16. The monoisotopic (exact) mass is 645 g/mol. The highest BCUT2D eigenvalue weighted by Crippen LogP contribution is 2.69. The van der Waals surface area contributed by atoms with E-state index in [1.165, 1.54) is 18.9 Å². The summed E-state index contributed by atoms with van der Waals surface area (Å²) in [6, 6.07) is 6.67. The molecule has 5 rings (SSSR count). The van der Waals surface area contributed by atoms with E-state index in [0.29, 0.717) is 41.9 Å². The lowest BCUT2D eigenvalue weighted by molar-refractivity contribution is -0.203. The lowest BCUT2D eigenvalue weighted by Crippen LogP contribution is -2.62. The van der Waals surface area contributed by atoms with E-state index in [0.717, 1.165) is 50.5 Å². The molecule has 0 aliphatic heterocycles. The van der Waals surface area contributed by atoms with E-state index in [4.69, 9.17) is 4.74 Å². The third-order valence-electron chi connectivity index (χ3n) is 13.4. The summed E-state index contributed by atoms with van der Waals surface area (Å²) in [7, 11) is -4.02. The zero-order valence-corrected chi connectivity index (χ0v) is 29.5. The first-order valence-electron chi connectivity index (χ1n) is 17.7. The number of hydrogen-bond acceptors (Lipinski definition) is 6. The van der Waals surface area contributed by atoms with Crippen LogP contribution in [0, 0.1) is 52.3 Å². The molecule has 0 saturated heterocycles. The molecule has 4 aliphatic rings. The van der Waals surface area contributed by atoms with Crippen LogP contribution in [0.4, 0.5) is 4.79 Å². The van der Waals surface area contributed by atoms with E-state index in [-0.39, 0.29) is 45.9 Å². The van der Waals surface area contributed by atoms with Crippen molar-refractivity contribution in [3.8, 4) is 0 Å². The fourth-order valence-corrected chi connectivity index (χ4v) is 12.0. The molecule has 1 aromatic carbocycles. The Bertz CT molecular complexity index is 1320. The molecule has 4 fully saturated rings. The maximum Gasteiger partial charge on any atom is 0.421 e. The van der Waals surface area contributed by atoms with Crippen LogP contribution < -0.4 is 4.72 Å². The third-order valence-corrected chi connectivity index (χ3v) is 14.7. The van der Waals surface area contributed by atoms with Gasteiger partial charge in [-0.3, -0.25) is 0 Å². The van der Waals surface area contributed by atoms with Gasteiger partial charge in [-0.15, -0.1) is 0 Å². The molecule has 1 aromatic rings. The third kappa shape index (κ3) is 6.46. The minimum absolute atomic E-state index is 0.0539. The molecule has 0 radical (unpaired) electrons. The molecule has 8 heteroatoms. The van der Waals surface area contributed by atoms with Gasteiger partial charge < -0.3 is 14.9 Å². The second-order valence-electron chi connectivity index (χ2n) is 16.8. The van der Waals surface area contributed by atoms with Crippen LogP contribution in [0.15, 0.2) is 29.2 Å². The van der Waals surface area contributed by atoms with Crippen molar-refractivity contribution < 1.29 is 28.2 Å². The minimum Gasteiger partial charge on any atom is -0.449 e. The van der Waals surface area contributed by atoms with E-state index < -0.39 is 16.1 Å². The van der Waals surface area contributed by atoms with Crippen molar-refractivity contribution in [2.24, 2.45) is 52.3 Å². The number of carbonyl (C=O) groups is 1. The molecular weight excluding hydrogens is 586 g/mol. The van der Waals surface area contributed by atoms with Gasteiger partial charge in [-0.1, -0.05) is 67.0 Å². The van der Waals surface area contributed by atoms with Gasteiger partial charge in [-0.2, -0.15) is 0 Å². The first kappa shape index (κ1) is 34.7. The zero-order valence-electron chi connectivity index (χ0n) is 28.7. The van der Waals surface area contributed by atoms with E-state index in [2.05, 4.69) is 32.4 Å². The molecule has 7 nitrogen and oxygen atoms in total. The number of nitrogens with one attached hydrogen (secondary N) is 1. The Morgan fingerprint density at radius 2 is 1.73 bits per heavy atom. The number of hydrogen-bond donors (Lipinski definition) is 3. The second kappa shape index (κ2) is 12.8. The number of fused-ring (bicyclic) bond motifs is 5. The van der Waals surface area contributed by atoms with Gasteiger partial charge in [0.2, 0.25) is 0 Å². The lowest BCUT2D eigenvalue weighted by Gasteiger charge is -2.64. The van der Waals surface area contributed by atoms with E-state index in [9.17, 15) is 23.4 Å². The van der Waals surface area contributed by atoms with Crippen molar-refractivity contribution >= 4 is 16.1 Å². The maximum atomic E-state index is 12.8. The van der Waals surface area contributed by atoms with Crippen molar-refractivity contribution in [2.75, 3.05) is 6.61 Å². The summed E-state index contributed by atoms with van der Waals surface area (Å²) in [6.07, 6.45) is 8.59. The number of ether oxygens (including phenoxy) is 1. The van der Waals surface area contributed by atoms with Crippen molar-refractivity contribution in [1.82, 2.24) is 4.72 Å². The summed E-state index contributed by atoms with van der Waals surface area (Å²) < 4.78 is 33.1. The fourth-order valence-electron chi connectivity index (χ4n) is 11.0. The predicted octanol–water partition coefficient (Wildman–Crippen LogP) is 7.44. The molecule has 3 N–H and O–H groups in total. The van der Waals surface area contributed by atoms with Crippen LogP contribution >= 0.6 is 0 Å². The van der Waals surface area contributed by atoms with E-state index >= 15 is 0 Å². The highest BCUT2D eigenvalue weighted by Gasteiger charge is 2.64. The van der Waals surface area contributed by atoms with Gasteiger partial charge in [-0.25, -0.2) is 17.9 Å². The first-order chi connectivity index (χ1) is 21.0. The maximum absolute atomic E-state index is 12.8. The van der Waals surface area contributed by atoms with E-state index in [1.54, 1.807) is 12.1 Å². The Morgan fingerprint density at radius 1 is 1.04 bits per heavy atom. The average Bonchev–Trinajstić information content (AvgIpc) is 3.33. The summed E-state index contributed by atoms with van der Waals surface area (Å²) in [6.45, 7) is 15.7. The topological polar surface area (TPSA) is 113 Å². The molecule has 0 heterocycles. The number of aliphatic hydroxyl groups excluding tert-OH is 2. The molecule has 0 bridgehead atoms. The van der Waals surface area contributed by atoms with Crippen molar-refractivity contribution in [3.05, 3.63) is 29.8 Å². The van der Waals surface area contributed by atoms with Gasteiger partial charge in [0.05, 0.1) is 23.7 Å². The molecule has 0 aromatic heterocycles. The van der Waals surface area contributed by atoms with Gasteiger partial charge in [0.15, 0.2) is 0 Å². The van der Waals surface area contributed by atoms with Crippen LogP contribution in [0.3, 0.4) is 0 Å². The zero-order chi connectivity index (χ0) is 32.9. The van der Waals surface area contributed by atoms with Crippen LogP contribution in [-0.4, -0.2) is 43.5 Å². The Labute approximate surface area is 272 Å². The Kier molecular flexibility index (Phi) is 9.84. The summed E-state index contributed by atoms with van der Waals surface area (Å²) in [5, 5.41) is 22.5. The standard InChI is InChI=1S/C37H59NO6S/c1-8-27-31-22-25(39)16-18-37(31,7)30-17-19-36(6)28(14-15-29(36)32(30)33(27)40)23(2)11-10-20-44-34(41)38-45(42,43)26-13-9-12-24(21-26)35(3,4)5/h9,12-13,21,23,25,27-33,39-40H,8,10-11,14-20,22H2,1-7H3,(H,38,41)/t23-,25-,27-,28-,29+,30+,31+,32+,33-,36-,37-/m1/s1. The Hall–Kier alpha value is -1.64. The second-order valence-corrected chi connectivity index (χ2v) is 18.4. The number of benzene rings is 1. The number of rotatable bonds is 8. The quantitative estimate of drug-likeness (QED) is 0.253. The van der Waals surface area contributed by atoms with Gasteiger partial charge in [0.1, 0.15) is 0 Å². The number of carbonyl (C=O) groups excluding carboxylic acids is 1. The van der Waals surface area contributed by atoms with Crippen LogP contribution in [0.1, 0.15) is 118 Å². The Morgan fingerprint density at radius 3 is 2.42 bits per heavy atom. The summed E-state index contributed by atoms with van der Waals surface area (Å²) in [5.74, 6) is 3.05. The number of aliphatic hydroxyl groups is 2. The highest BCUT2D eigenvalue weighted by atomic mass is 32.2. The van der Waals surface area contributed by atoms with Crippen LogP contribution in [-0.2, 0) is 20.2 Å². The lowest BCUT2D eigenvalue weighted by atomic mass is 9.41. The van der Waals surface area contributed by atoms with Gasteiger partial charge in [0, 0.05) is 0 Å².